The Morgan fingerprint density at radius 2 is 1.94 bits per heavy atom. The third-order valence-corrected chi connectivity index (χ3v) is 6.67. The molecule has 9 nitrogen and oxygen atoms in total. The molecule has 4 heterocycles. The van der Waals surface area contributed by atoms with Gasteiger partial charge >= 0.3 is 5.97 Å². The maximum absolute atomic E-state index is 14.5. The van der Waals surface area contributed by atoms with E-state index in [0.29, 0.717) is 29.9 Å². The molecule has 2 saturated heterocycles. The summed E-state index contributed by atoms with van der Waals surface area (Å²) in [7, 11) is 0. The van der Waals surface area contributed by atoms with Crippen molar-refractivity contribution in [2.75, 3.05) is 32.8 Å². The molecule has 162 valence electrons. The summed E-state index contributed by atoms with van der Waals surface area (Å²) < 4.78 is 20.9. The summed E-state index contributed by atoms with van der Waals surface area (Å²) in [5.41, 5.74) is 1.56. The summed E-state index contributed by atoms with van der Waals surface area (Å²) in [5.74, 6) is -0.539. The van der Waals surface area contributed by atoms with Crippen LogP contribution in [0.3, 0.4) is 0 Å². The Morgan fingerprint density at radius 1 is 1.13 bits per heavy atom. The monoisotopic (exact) mass is 426 g/mol. The molecule has 3 aliphatic rings. The summed E-state index contributed by atoms with van der Waals surface area (Å²) in [4.78, 5) is 28.4. The smallest absolute Gasteiger partial charge is 0.333 e. The van der Waals surface area contributed by atoms with Gasteiger partial charge in [0, 0.05) is 19.2 Å². The lowest BCUT2D eigenvalue weighted by Gasteiger charge is -2.38. The van der Waals surface area contributed by atoms with Crippen molar-refractivity contribution in [2.24, 2.45) is 5.41 Å². The molecular weight excluding hydrogens is 403 g/mol. The highest BCUT2D eigenvalue weighted by Crippen LogP contribution is 2.43. The Hall–Kier alpha value is -3.14. The number of hydrogen-bond acceptors (Lipinski definition) is 7. The van der Waals surface area contributed by atoms with E-state index < -0.39 is 0 Å². The Labute approximate surface area is 178 Å². The van der Waals surface area contributed by atoms with E-state index in [1.165, 1.54) is 23.2 Å². The molecule has 0 bridgehead atoms. The number of likely N-dealkylation sites (tertiary alicyclic amines) is 2. The maximum atomic E-state index is 14.5. The minimum absolute atomic E-state index is 0.112. The SMILES string of the molecule is O=C1C=C(N2CCC3(CCN(CCc4ccc(-n5cnnn5)cc4F)CC3)C2=O)CO1. The second kappa shape index (κ2) is 7.84. The minimum Gasteiger partial charge on any atom is -0.456 e. The van der Waals surface area contributed by atoms with Gasteiger partial charge in [0.1, 0.15) is 18.8 Å². The molecule has 1 aromatic heterocycles. The van der Waals surface area contributed by atoms with E-state index in [0.717, 1.165) is 38.9 Å². The Balaban J connectivity index is 1.16. The van der Waals surface area contributed by atoms with Crippen LogP contribution in [0.15, 0.2) is 36.3 Å². The number of piperidine rings is 1. The van der Waals surface area contributed by atoms with E-state index in [1.807, 2.05) is 0 Å². The zero-order valence-corrected chi connectivity index (χ0v) is 17.0. The van der Waals surface area contributed by atoms with Crippen molar-refractivity contribution in [1.29, 1.82) is 0 Å². The van der Waals surface area contributed by atoms with Gasteiger partial charge in [-0.3, -0.25) is 4.79 Å². The lowest BCUT2D eigenvalue weighted by molar-refractivity contribution is -0.138. The van der Waals surface area contributed by atoms with Crippen LogP contribution >= 0.6 is 0 Å². The van der Waals surface area contributed by atoms with Crippen molar-refractivity contribution in [3.63, 3.8) is 0 Å². The molecule has 0 N–H and O–H groups in total. The summed E-state index contributed by atoms with van der Waals surface area (Å²) >= 11 is 0. The number of aromatic nitrogens is 4. The fraction of sp³-hybridized carbons (Fsp3) is 0.476. The average Bonchev–Trinajstić information content (AvgIpc) is 3.51. The van der Waals surface area contributed by atoms with Gasteiger partial charge in [0.25, 0.3) is 0 Å². The van der Waals surface area contributed by atoms with E-state index >= 15 is 0 Å². The fourth-order valence-electron chi connectivity index (χ4n) is 4.72. The first-order chi connectivity index (χ1) is 15.0. The number of benzene rings is 1. The zero-order valence-electron chi connectivity index (χ0n) is 17.0. The van der Waals surface area contributed by atoms with Gasteiger partial charge in [0.2, 0.25) is 5.91 Å². The van der Waals surface area contributed by atoms with Gasteiger partial charge in [-0.25, -0.2) is 13.9 Å². The number of halogens is 1. The molecule has 3 aliphatic heterocycles. The van der Waals surface area contributed by atoms with Gasteiger partial charge in [-0.05, 0) is 66.9 Å². The summed E-state index contributed by atoms with van der Waals surface area (Å²) in [6.45, 7) is 3.17. The highest BCUT2D eigenvalue weighted by atomic mass is 19.1. The zero-order chi connectivity index (χ0) is 21.4. The normalized spacial score (nSPS) is 21.1. The van der Waals surface area contributed by atoms with E-state index in [2.05, 4.69) is 20.4 Å². The number of tetrazole rings is 1. The maximum Gasteiger partial charge on any atom is 0.333 e. The van der Waals surface area contributed by atoms with Crippen LogP contribution in [-0.4, -0.2) is 74.7 Å². The third-order valence-electron chi connectivity index (χ3n) is 6.67. The molecule has 10 heteroatoms. The van der Waals surface area contributed by atoms with Crippen molar-refractivity contribution in [1.82, 2.24) is 30.0 Å². The molecule has 0 aliphatic carbocycles. The third kappa shape index (κ3) is 3.71. The van der Waals surface area contributed by atoms with E-state index in [4.69, 9.17) is 4.74 Å². The number of amides is 1. The van der Waals surface area contributed by atoms with Gasteiger partial charge < -0.3 is 14.5 Å². The first-order valence-electron chi connectivity index (χ1n) is 10.5. The van der Waals surface area contributed by atoms with Crippen LogP contribution in [0.1, 0.15) is 24.8 Å². The second-order valence-electron chi connectivity index (χ2n) is 8.35. The van der Waals surface area contributed by atoms with Crippen molar-refractivity contribution < 1.29 is 18.7 Å². The van der Waals surface area contributed by atoms with Gasteiger partial charge in [-0.1, -0.05) is 6.07 Å². The van der Waals surface area contributed by atoms with Crippen LogP contribution in [0.2, 0.25) is 0 Å². The molecule has 1 spiro atoms. The highest BCUT2D eigenvalue weighted by molar-refractivity contribution is 5.90. The number of esters is 1. The summed E-state index contributed by atoms with van der Waals surface area (Å²) in [6, 6.07) is 5.02. The Morgan fingerprint density at radius 3 is 2.61 bits per heavy atom. The predicted octanol–water partition coefficient (Wildman–Crippen LogP) is 1.10. The van der Waals surface area contributed by atoms with Crippen LogP contribution in [0.4, 0.5) is 4.39 Å². The topological polar surface area (TPSA) is 93.5 Å². The van der Waals surface area contributed by atoms with Crippen molar-refractivity contribution >= 4 is 11.9 Å². The number of carbonyl (C=O) groups excluding carboxylic acids is 2. The average molecular weight is 426 g/mol. The molecule has 31 heavy (non-hydrogen) atoms. The molecule has 2 aromatic rings. The molecule has 0 saturated carbocycles. The number of ether oxygens (including phenoxy) is 1. The molecule has 0 atom stereocenters. The molecule has 0 radical (unpaired) electrons. The quantitative estimate of drug-likeness (QED) is 0.661. The molecule has 1 aromatic carbocycles. The summed E-state index contributed by atoms with van der Waals surface area (Å²) in [6.07, 6.45) is 5.82. The molecule has 0 unspecified atom stereocenters. The van der Waals surface area contributed by atoms with Gasteiger partial charge in [-0.15, -0.1) is 5.10 Å². The van der Waals surface area contributed by atoms with Crippen molar-refractivity contribution in [3.8, 4) is 5.69 Å². The van der Waals surface area contributed by atoms with E-state index in [9.17, 15) is 14.0 Å². The van der Waals surface area contributed by atoms with E-state index in [-0.39, 0.29) is 29.7 Å². The predicted molar refractivity (Wildman–Crippen MR) is 106 cm³/mol. The second-order valence-corrected chi connectivity index (χ2v) is 8.35. The number of rotatable bonds is 5. The minimum atomic E-state index is -0.378. The van der Waals surface area contributed by atoms with Crippen LogP contribution in [-0.2, 0) is 20.7 Å². The molecular formula is C21H23FN6O3. The van der Waals surface area contributed by atoms with Crippen molar-refractivity contribution in [3.05, 3.63) is 47.7 Å². The first kappa shape index (κ1) is 19.8. The number of nitrogens with zero attached hydrogens (tertiary/aromatic N) is 6. The number of cyclic esters (lactones) is 1. The van der Waals surface area contributed by atoms with Gasteiger partial charge in [-0.2, -0.15) is 0 Å². The van der Waals surface area contributed by atoms with E-state index in [1.54, 1.807) is 17.0 Å². The largest absolute Gasteiger partial charge is 0.456 e. The van der Waals surface area contributed by atoms with Gasteiger partial charge in [0.05, 0.1) is 16.8 Å². The van der Waals surface area contributed by atoms with Crippen LogP contribution in [0, 0.1) is 11.2 Å². The van der Waals surface area contributed by atoms with Crippen LogP contribution in [0.5, 0.6) is 0 Å². The number of hydrogen-bond donors (Lipinski definition) is 0. The molecule has 1 amide bonds. The molecule has 5 rings (SSSR count). The highest BCUT2D eigenvalue weighted by Gasteiger charge is 2.49. The van der Waals surface area contributed by atoms with Gasteiger partial charge in [0.15, 0.2) is 0 Å². The lowest BCUT2D eigenvalue weighted by Crippen LogP contribution is -2.45. The number of carbonyl (C=O) groups is 2. The van der Waals surface area contributed by atoms with Crippen LogP contribution in [0.25, 0.3) is 5.69 Å². The lowest BCUT2D eigenvalue weighted by atomic mass is 9.77. The Kier molecular flexibility index (Phi) is 5.01. The van der Waals surface area contributed by atoms with Crippen molar-refractivity contribution in [2.45, 2.75) is 25.7 Å². The first-order valence-corrected chi connectivity index (χ1v) is 10.5. The fourth-order valence-corrected chi connectivity index (χ4v) is 4.72. The Bertz CT molecular complexity index is 1030. The molecule has 2 fully saturated rings. The standard InChI is InChI=1S/C21H23FN6O3/c22-18-11-16(28-14-23-24-25-28)2-1-15(18)3-7-26-8-4-21(5-9-26)6-10-27(20(21)30)17-12-19(29)31-13-17/h1-2,11-12,14H,3-10,13H2. The van der Waals surface area contributed by atoms with Crippen LogP contribution < -0.4 is 0 Å². The summed E-state index contributed by atoms with van der Waals surface area (Å²) in [5, 5.41) is 10.9.